The summed E-state index contributed by atoms with van der Waals surface area (Å²) in [6.07, 6.45) is -5.20. The summed E-state index contributed by atoms with van der Waals surface area (Å²) in [6, 6.07) is -0.363. The monoisotopic (exact) mass is 240 g/mol. The van der Waals surface area contributed by atoms with Crippen LogP contribution in [0.5, 0.6) is 0 Å². The highest BCUT2D eigenvalue weighted by Crippen LogP contribution is 2.20. The van der Waals surface area contributed by atoms with Crippen molar-refractivity contribution in [1.29, 1.82) is 0 Å². The van der Waals surface area contributed by atoms with Crippen LogP contribution in [0.1, 0.15) is 33.6 Å². The minimum Gasteiger partial charge on any atom is -0.356 e. The average molecular weight is 240 g/mol. The summed E-state index contributed by atoms with van der Waals surface area (Å²) < 4.78 is 35.3. The molecule has 0 radical (unpaired) electrons. The molecule has 1 unspecified atom stereocenters. The van der Waals surface area contributed by atoms with Crippen molar-refractivity contribution in [1.82, 2.24) is 5.32 Å². The van der Waals surface area contributed by atoms with E-state index in [1.807, 2.05) is 20.8 Å². The number of amides is 1. The Morgan fingerprint density at radius 3 is 2.19 bits per heavy atom. The summed E-state index contributed by atoms with van der Waals surface area (Å²) in [6.45, 7) is 5.24. The molecule has 3 nitrogen and oxygen atoms in total. The third kappa shape index (κ3) is 7.50. The first kappa shape index (κ1) is 15.2. The molecule has 0 aromatic heterocycles. The van der Waals surface area contributed by atoms with Gasteiger partial charge in [-0.05, 0) is 5.41 Å². The van der Waals surface area contributed by atoms with Crippen LogP contribution in [0.2, 0.25) is 0 Å². The highest BCUT2D eigenvalue weighted by Gasteiger charge is 2.27. The van der Waals surface area contributed by atoms with Crippen LogP contribution < -0.4 is 11.1 Å². The summed E-state index contributed by atoms with van der Waals surface area (Å²) in [5.74, 6) is -0.438. The van der Waals surface area contributed by atoms with Gasteiger partial charge in [-0.25, -0.2) is 0 Å². The topological polar surface area (TPSA) is 55.1 Å². The van der Waals surface area contributed by atoms with Crippen molar-refractivity contribution in [2.75, 3.05) is 6.54 Å². The van der Waals surface area contributed by atoms with Crippen LogP contribution >= 0.6 is 0 Å². The van der Waals surface area contributed by atoms with Crippen molar-refractivity contribution < 1.29 is 18.0 Å². The number of carbonyl (C=O) groups is 1. The SMILES string of the molecule is CC(C)(C)C(N)CC(=O)NCCC(F)(F)F. The van der Waals surface area contributed by atoms with Crippen molar-refractivity contribution in [2.45, 2.75) is 45.8 Å². The fraction of sp³-hybridized carbons (Fsp3) is 0.900. The molecule has 3 N–H and O–H groups in total. The molecule has 0 aliphatic rings. The lowest BCUT2D eigenvalue weighted by Gasteiger charge is -2.26. The van der Waals surface area contributed by atoms with Crippen LogP contribution in [0.3, 0.4) is 0 Å². The molecule has 6 heteroatoms. The molecule has 96 valence electrons. The molecule has 16 heavy (non-hydrogen) atoms. The van der Waals surface area contributed by atoms with Crippen molar-refractivity contribution in [3.05, 3.63) is 0 Å². The Kier molecular flexibility index (Phi) is 5.25. The smallest absolute Gasteiger partial charge is 0.356 e. The summed E-state index contributed by atoms with van der Waals surface area (Å²) in [7, 11) is 0. The largest absolute Gasteiger partial charge is 0.390 e. The van der Waals surface area contributed by atoms with Gasteiger partial charge in [0.05, 0.1) is 6.42 Å². The van der Waals surface area contributed by atoms with Gasteiger partial charge in [0.15, 0.2) is 0 Å². The van der Waals surface area contributed by atoms with Crippen molar-refractivity contribution in [2.24, 2.45) is 11.1 Å². The second kappa shape index (κ2) is 5.52. The van der Waals surface area contributed by atoms with Gasteiger partial charge in [-0.2, -0.15) is 13.2 Å². The summed E-state index contributed by atoms with van der Waals surface area (Å²) in [5, 5.41) is 2.20. The molecule has 0 spiro atoms. The van der Waals surface area contributed by atoms with E-state index in [1.54, 1.807) is 0 Å². The highest BCUT2D eigenvalue weighted by molar-refractivity contribution is 5.76. The summed E-state index contributed by atoms with van der Waals surface area (Å²) in [4.78, 5) is 11.2. The lowest BCUT2D eigenvalue weighted by atomic mass is 9.85. The lowest BCUT2D eigenvalue weighted by molar-refractivity contribution is -0.135. The zero-order valence-electron chi connectivity index (χ0n) is 9.82. The fourth-order valence-corrected chi connectivity index (χ4v) is 0.922. The third-order valence-corrected chi connectivity index (χ3v) is 2.25. The van der Waals surface area contributed by atoms with Gasteiger partial charge in [-0.1, -0.05) is 20.8 Å². The number of hydrogen-bond acceptors (Lipinski definition) is 2. The number of rotatable bonds is 4. The molecule has 0 saturated heterocycles. The molecular weight excluding hydrogens is 221 g/mol. The third-order valence-electron chi connectivity index (χ3n) is 2.25. The maximum absolute atomic E-state index is 11.8. The number of nitrogens with one attached hydrogen (secondary N) is 1. The van der Waals surface area contributed by atoms with Crippen molar-refractivity contribution >= 4 is 5.91 Å². The Labute approximate surface area is 93.6 Å². The van der Waals surface area contributed by atoms with Gasteiger partial charge in [0.25, 0.3) is 0 Å². The molecule has 0 aromatic rings. The Hall–Kier alpha value is -0.780. The van der Waals surface area contributed by atoms with E-state index in [2.05, 4.69) is 5.32 Å². The number of nitrogens with two attached hydrogens (primary N) is 1. The molecule has 0 aliphatic heterocycles. The molecule has 0 saturated carbocycles. The first-order valence-corrected chi connectivity index (χ1v) is 5.11. The number of halogens is 3. The zero-order chi connectivity index (χ0) is 13.0. The lowest BCUT2D eigenvalue weighted by Crippen LogP contribution is -2.40. The van der Waals surface area contributed by atoms with Gasteiger partial charge in [0, 0.05) is 19.0 Å². The summed E-state index contributed by atoms with van der Waals surface area (Å²) in [5.41, 5.74) is 5.49. The Morgan fingerprint density at radius 2 is 1.81 bits per heavy atom. The molecule has 0 fully saturated rings. The molecule has 1 amide bonds. The van der Waals surface area contributed by atoms with Crippen LogP contribution in [0.15, 0.2) is 0 Å². The predicted molar refractivity (Wildman–Crippen MR) is 55.7 cm³/mol. The van der Waals surface area contributed by atoms with Gasteiger partial charge in [0.1, 0.15) is 0 Å². The van der Waals surface area contributed by atoms with E-state index < -0.39 is 18.5 Å². The van der Waals surface area contributed by atoms with E-state index in [0.717, 1.165) is 0 Å². The second-order valence-corrected chi connectivity index (χ2v) is 4.89. The van der Waals surface area contributed by atoms with Crippen LogP contribution in [0.4, 0.5) is 13.2 Å². The van der Waals surface area contributed by atoms with Crippen molar-refractivity contribution in [3.63, 3.8) is 0 Å². The molecule has 0 bridgehead atoms. The van der Waals surface area contributed by atoms with Crippen LogP contribution in [0, 0.1) is 5.41 Å². The van der Waals surface area contributed by atoms with E-state index in [0.29, 0.717) is 0 Å². The van der Waals surface area contributed by atoms with Crippen LogP contribution in [-0.4, -0.2) is 24.7 Å². The Balaban J connectivity index is 3.84. The van der Waals surface area contributed by atoms with Gasteiger partial charge in [-0.3, -0.25) is 4.79 Å². The first-order valence-electron chi connectivity index (χ1n) is 5.11. The van der Waals surface area contributed by atoms with E-state index in [-0.39, 0.29) is 24.4 Å². The molecular formula is C10H19F3N2O. The molecule has 0 aliphatic carbocycles. The maximum Gasteiger partial charge on any atom is 0.390 e. The minimum absolute atomic E-state index is 0.0430. The molecule has 0 heterocycles. The maximum atomic E-state index is 11.8. The zero-order valence-corrected chi connectivity index (χ0v) is 9.82. The quantitative estimate of drug-likeness (QED) is 0.787. The summed E-state index contributed by atoms with van der Waals surface area (Å²) >= 11 is 0. The van der Waals surface area contributed by atoms with Crippen LogP contribution in [0.25, 0.3) is 0 Å². The Morgan fingerprint density at radius 1 is 1.31 bits per heavy atom. The van der Waals surface area contributed by atoms with Crippen LogP contribution in [-0.2, 0) is 4.79 Å². The molecule has 0 rings (SSSR count). The van der Waals surface area contributed by atoms with E-state index in [9.17, 15) is 18.0 Å². The molecule has 0 aromatic carbocycles. The van der Waals surface area contributed by atoms with Gasteiger partial charge in [0.2, 0.25) is 5.91 Å². The fourth-order valence-electron chi connectivity index (χ4n) is 0.922. The van der Waals surface area contributed by atoms with E-state index in [4.69, 9.17) is 5.73 Å². The van der Waals surface area contributed by atoms with E-state index >= 15 is 0 Å². The number of hydrogen-bond donors (Lipinski definition) is 2. The highest BCUT2D eigenvalue weighted by atomic mass is 19.4. The van der Waals surface area contributed by atoms with Crippen molar-refractivity contribution in [3.8, 4) is 0 Å². The van der Waals surface area contributed by atoms with Gasteiger partial charge in [-0.15, -0.1) is 0 Å². The minimum atomic E-state index is -4.24. The number of carbonyl (C=O) groups excluding carboxylic acids is 1. The predicted octanol–water partition coefficient (Wildman–Crippen LogP) is 1.82. The number of alkyl halides is 3. The van der Waals surface area contributed by atoms with E-state index in [1.165, 1.54) is 0 Å². The average Bonchev–Trinajstić information content (AvgIpc) is 1.99. The van der Waals surface area contributed by atoms with Gasteiger partial charge < -0.3 is 11.1 Å². The van der Waals surface area contributed by atoms with Gasteiger partial charge >= 0.3 is 6.18 Å². The standard InChI is InChI=1S/C10H19F3N2O/c1-9(2,3)7(14)6-8(16)15-5-4-10(11,12)13/h7H,4-6,14H2,1-3H3,(H,15,16). The molecule has 1 atom stereocenters. The first-order chi connectivity index (χ1) is 7.02. The second-order valence-electron chi connectivity index (χ2n) is 4.89. The normalized spacial score (nSPS) is 14.7. The Bertz CT molecular complexity index is 233.